The summed E-state index contributed by atoms with van der Waals surface area (Å²) in [5, 5.41) is 0. The molecule has 128 valence electrons. The number of benzene rings is 1. The second-order valence-electron chi connectivity index (χ2n) is 5.04. The Morgan fingerprint density at radius 2 is 2.00 bits per heavy atom. The molecule has 9 heteroatoms. The first kappa shape index (κ1) is 16.6. The van der Waals surface area contributed by atoms with Crippen LogP contribution in [0.5, 0.6) is 5.75 Å². The van der Waals surface area contributed by atoms with E-state index in [2.05, 4.69) is 4.72 Å². The highest BCUT2D eigenvalue weighted by Crippen LogP contribution is 2.34. The first-order valence-corrected chi connectivity index (χ1v) is 8.32. The monoisotopic (exact) mass is 359 g/mol. The fourth-order valence-corrected chi connectivity index (χ4v) is 3.17. The number of sulfonamides is 1. The Balaban J connectivity index is 1.80. The minimum absolute atomic E-state index is 0.0233. The van der Waals surface area contributed by atoms with Gasteiger partial charge in [-0.15, -0.1) is 0 Å². The lowest BCUT2D eigenvalue weighted by atomic mass is 10.1. The minimum Gasteiger partial charge on any atom is -0.476 e. The quantitative estimate of drug-likeness (QED) is 0.911. The summed E-state index contributed by atoms with van der Waals surface area (Å²) >= 11 is 0. The van der Waals surface area contributed by atoms with Crippen LogP contribution in [-0.2, 0) is 16.6 Å². The normalized spacial score (nSPS) is 17.4. The van der Waals surface area contributed by atoms with Gasteiger partial charge in [-0.05, 0) is 36.4 Å². The Labute approximate surface area is 135 Å². The van der Waals surface area contributed by atoms with E-state index in [1.54, 1.807) is 12.1 Å². The summed E-state index contributed by atoms with van der Waals surface area (Å²) in [6, 6.07) is 6.89. The molecule has 1 atom stereocenters. The van der Waals surface area contributed by atoms with Crippen LogP contribution in [0.2, 0.25) is 0 Å². The highest BCUT2D eigenvalue weighted by Gasteiger charge is 2.41. The molecule has 0 radical (unpaired) electrons. The standard InChI is InChI=1S/C15H12F3NO4S/c16-15(17,18)14-6-3-10-8-12(4-5-13(10)23-14)24(20,21)19-9-11-2-1-7-22-11/h1-8,14,19H,9H2/t14-/m0/s1. The molecule has 1 aromatic carbocycles. The summed E-state index contributed by atoms with van der Waals surface area (Å²) in [4.78, 5) is -0.0773. The van der Waals surface area contributed by atoms with E-state index in [1.165, 1.54) is 30.5 Å². The number of furan rings is 1. The van der Waals surface area contributed by atoms with Crippen molar-refractivity contribution in [2.45, 2.75) is 23.7 Å². The van der Waals surface area contributed by atoms with Gasteiger partial charge in [0.15, 0.2) is 0 Å². The van der Waals surface area contributed by atoms with Crippen LogP contribution >= 0.6 is 0 Å². The number of hydrogen-bond acceptors (Lipinski definition) is 4. The van der Waals surface area contributed by atoms with Crippen LogP contribution in [0.3, 0.4) is 0 Å². The highest BCUT2D eigenvalue weighted by atomic mass is 32.2. The predicted molar refractivity (Wildman–Crippen MR) is 78.7 cm³/mol. The third-order valence-electron chi connectivity index (χ3n) is 3.34. The topological polar surface area (TPSA) is 68.5 Å². The van der Waals surface area contributed by atoms with Crippen LogP contribution in [0.1, 0.15) is 11.3 Å². The van der Waals surface area contributed by atoms with Gasteiger partial charge >= 0.3 is 6.18 Å². The van der Waals surface area contributed by atoms with Crippen molar-refractivity contribution in [1.82, 2.24) is 4.72 Å². The lowest BCUT2D eigenvalue weighted by Gasteiger charge is -2.23. The molecule has 1 aliphatic heterocycles. The van der Waals surface area contributed by atoms with Crippen LogP contribution in [0.25, 0.3) is 6.08 Å². The highest BCUT2D eigenvalue weighted by molar-refractivity contribution is 7.89. The molecular formula is C15H12F3NO4S. The Morgan fingerprint density at radius 1 is 1.21 bits per heavy atom. The molecule has 0 fully saturated rings. The zero-order chi connectivity index (χ0) is 17.4. The van der Waals surface area contributed by atoms with E-state index < -0.39 is 22.3 Å². The van der Waals surface area contributed by atoms with Gasteiger partial charge in [0.05, 0.1) is 17.7 Å². The Kier molecular flexibility index (Phi) is 4.14. The Hall–Kier alpha value is -2.26. The van der Waals surface area contributed by atoms with Gasteiger partial charge in [-0.3, -0.25) is 0 Å². The van der Waals surface area contributed by atoms with Crippen molar-refractivity contribution in [2.75, 3.05) is 0 Å². The summed E-state index contributed by atoms with van der Waals surface area (Å²) in [6.45, 7) is -0.0328. The summed E-state index contributed by atoms with van der Waals surface area (Å²) in [7, 11) is -3.83. The molecule has 24 heavy (non-hydrogen) atoms. The lowest BCUT2D eigenvalue weighted by molar-refractivity contribution is -0.180. The van der Waals surface area contributed by atoms with Crippen LogP contribution < -0.4 is 9.46 Å². The van der Waals surface area contributed by atoms with E-state index >= 15 is 0 Å². The van der Waals surface area contributed by atoms with Gasteiger partial charge in [0.25, 0.3) is 0 Å². The number of rotatable bonds is 4. The second kappa shape index (κ2) is 5.99. The molecule has 0 aliphatic carbocycles. The van der Waals surface area contributed by atoms with Crippen molar-refractivity contribution in [3.05, 3.63) is 54.0 Å². The molecule has 0 spiro atoms. The molecule has 3 rings (SSSR count). The minimum atomic E-state index is -4.52. The van der Waals surface area contributed by atoms with Crippen molar-refractivity contribution < 1.29 is 30.7 Å². The maximum atomic E-state index is 12.6. The smallest absolute Gasteiger partial charge is 0.429 e. The zero-order valence-electron chi connectivity index (χ0n) is 12.1. The van der Waals surface area contributed by atoms with Crippen molar-refractivity contribution in [3.8, 4) is 5.75 Å². The summed E-state index contributed by atoms with van der Waals surface area (Å²) in [5.74, 6) is 0.414. The Morgan fingerprint density at radius 3 is 2.67 bits per heavy atom. The van der Waals surface area contributed by atoms with Crippen LogP contribution in [0, 0.1) is 0 Å². The SMILES string of the molecule is O=S(=O)(NCc1ccco1)c1ccc2c(c1)C=C[C@@H](C(F)(F)F)O2. The van der Waals surface area contributed by atoms with Crippen molar-refractivity contribution in [1.29, 1.82) is 0 Å². The van der Waals surface area contributed by atoms with E-state index in [4.69, 9.17) is 9.15 Å². The van der Waals surface area contributed by atoms with Crippen LogP contribution in [0.4, 0.5) is 13.2 Å². The molecule has 1 aliphatic rings. The van der Waals surface area contributed by atoms with Crippen molar-refractivity contribution in [3.63, 3.8) is 0 Å². The third-order valence-corrected chi connectivity index (χ3v) is 4.73. The average molecular weight is 359 g/mol. The van der Waals surface area contributed by atoms with E-state index in [9.17, 15) is 21.6 Å². The van der Waals surface area contributed by atoms with E-state index in [1.807, 2.05) is 0 Å². The largest absolute Gasteiger partial charge is 0.476 e. The molecular weight excluding hydrogens is 347 g/mol. The summed E-state index contributed by atoms with van der Waals surface area (Å²) in [6.07, 6.45) is -3.10. The number of ether oxygens (including phenoxy) is 1. The van der Waals surface area contributed by atoms with Crippen molar-refractivity contribution in [2.24, 2.45) is 0 Å². The average Bonchev–Trinajstić information content (AvgIpc) is 3.04. The van der Waals surface area contributed by atoms with Crippen LogP contribution in [-0.4, -0.2) is 20.7 Å². The van der Waals surface area contributed by atoms with Gasteiger partial charge in [-0.25, -0.2) is 13.1 Å². The van der Waals surface area contributed by atoms with E-state index in [-0.39, 0.29) is 22.8 Å². The number of alkyl halides is 3. The lowest BCUT2D eigenvalue weighted by Crippen LogP contribution is -2.34. The second-order valence-corrected chi connectivity index (χ2v) is 6.81. The molecule has 2 heterocycles. The summed E-state index contributed by atoms with van der Waals surface area (Å²) in [5.41, 5.74) is 0.261. The molecule has 1 aromatic heterocycles. The molecule has 5 nitrogen and oxygen atoms in total. The predicted octanol–water partition coefficient (Wildman–Crippen LogP) is 3.09. The number of halogens is 3. The van der Waals surface area contributed by atoms with Crippen molar-refractivity contribution >= 4 is 16.1 Å². The van der Waals surface area contributed by atoms with Gasteiger partial charge in [0.1, 0.15) is 11.5 Å². The fraction of sp³-hybridized carbons (Fsp3) is 0.200. The summed E-state index contributed by atoms with van der Waals surface area (Å²) < 4.78 is 74.6. The Bertz CT molecular complexity index is 857. The molecule has 1 N–H and O–H groups in total. The number of hydrogen-bond donors (Lipinski definition) is 1. The maximum Gasteiger partial charge on any atom is 0.429 e. The van der Waals surface area contributed by atoms with Gasteiger partial charge in [-0.1, -0.05) is 6.08 Å². The van der Waals surface area contributed by atoms with Gasteiger partial charge in [-0.2, -0.15) is 13.2 Å². The maximum absolute atomic E-state index is 12.6. The van der Waals surface area contributed by atoms with E-state index in [0.717, 1.165) is 6.08 Å². The van der Waals surface area contributed by atoms with Gasteiger partial charge in [0, 0.05) is 5.56 Å². The molecule has 0 bridgehead atoms. The number of fused-ring (bicyclic) bond motifs is 1. The zero-order valence-corrected chi connectivity index (χ0v) is 12.9. The molecule has 0 amide bonds. The van der Waals surface area contributed by atoms with E-state index in [0.29, 0.717) is 5.76 Å². The first-order valence-electron chi connectivity index (χ1n) is 6.83. The molecule has 0 saturated heterocycles. The first-order chi connectivity index (χ1) is 11.3. The molecule has 0 unspecified atom stereocenters. The van der Waals surface area contributed by atoms with Gasteiger partial charge in [0.2, 0.25) is 16.1 Å². The molecule has 2 aromatic rings. The fourth-order valence-electron chi connectivity index (χ4n) is 2.14. The molecule has 0 saturated carbocycles. The third kappa shape index (κ3) is 3.46. The van der Waals surface area contributed by atoms with Gasteiger partial charge < -0.3 is 9.15 Å². The van der Waals surface area contributed by atoms with Crippen LogP contribution in [0.15, 0.2) is 52.0 Å². The number of nitrogens with one attached hydrogen (secondary N) is 1.